The lowest BCUT2D eigenvalue weighted by atomic mass is 10.2. The Morgan fingerprint density at radius 3 is 2.50 bits per heavy atom. The van der Waals surface area contributed by atoms with Gasteiger partial charge in [-0.25, -0.2) is 4.98 Å². The van der Waals surface area contributed by atoms with Crippen molar-refractivity contribution in [3.63, 3.8) is 0 Å². The lowest BCUT2D eigenvalue weighted by Crippen LogP contribution is -2.27. The van der Waals surface area contributed by atoms with Crippen LogP contribution in [0.3, 0.4) is 0 Å². The maximum Gasteiger partial charge on any atom is 0.148 e. The second-order valence-corrected chi connectivity index (χ2v) is 6.88. The number of rotatable bonds is 8. The molecule has 0 bridgehead atoms. The third-order valence-electron chi connectivity index (χ3n) is 4.71. The Morgan fingerprint density at radius 2 is 1.81 bits per heavy atom. The second kappa shape index (κ2) is 8.56. The second-order valence-electron chi connectivity index (χ2n) is 6.44. The number of halogens is 1. The highest BCUT2D eigenvalue weighted by Gasteiger charge is 2.13. The Hall–Kier alpha value is -2.04. The molecule has 0 aliphatic carbocycles. The van der Waals surface area contributed by atoms with Crippen LogP contribution in [0, 0.1) is 6.92 Å². The van der Waals surface area contributed by atoms with Crippen LogP contribution in [0.4, 0.5) is 0 Å². The number of ether oxygens (including phenoxy) is 1. The molecule has 0 saturated heterocycles. The molecule has 0 unspecified atom stereocenters. The molecule has 26 heavy (non-hydrogen) atoms. The van der Waals surface area contributed by atoms with E-state index in [1.807, 2.05) is 30.3 Å². The standard InChI is InChI=1S/C21H26ClN3O/c1-4-24(5-2)12-13-25-20-14-17(22)8-11-19(20)23-21(25)15-26-18-9-6-16(3)7-10-18/h6-11,14H,4-5,12-13,15H2,1-3H3. The van der Waals surface area contributed by atoms with Gasteiger partial charge in [0, 0.05) is 18.1 Å². The monoisotopic (exact) mass is 371 g/mol. The highest BCUT2D eigenvalue weighted by molar-refractivity contribution is 6.31. The summed E-state index contributed by atoms with van der Waals surface area (Å²) in [5.74, 6) is 1.78. The van der Waals surface area contributed by atoms with Gasteiger partial charge in [0.05, 0.1) is 11.0 Å². The minimum absolute atomic E-state index is 0.438. The topological polar surface area (TPSA) is 30.3 Å². The molecular weight excluding hydrogens is 346 g/mol. The van der Waals surface area contributed by atoms with Crippen molar-refractivity contribution < 1.29 is 4.74 Å². The number of aryl methyl sites for hydroxylation is 1. The molecule has 0 saturated carbocycles. The van der Waals surface area contributed by atoms with Gasteiger partial charge in [0.1, 0.15) is 18.2 Å². The summed E-state index contributed by atoms with van der Waals surface area (Å²) in [7, 11) is 0. The van der Waals surface area contributed by atoms with Crippen LogP contribution in [-0.2, 0) is 13.2 Å². The number of hydrogen-bond donors (Lipinski definition) is 0. The van der Waals surface area contributed by atoms with Crippen LogP contribution in [0.5, 0.6) is 5.75 Å². The molecule has 3 aromatic rings. The maximum absolute atomic E-state index is 6.22. The fraction of sp³-hybridized carbons (Fsp3) is 0.381. The van der Waals surface area contributed by atoms with Crippen molar-refractivity contribution in [3.05, 3.63) is 58.9 Å². The van der Waals surface area contributed by atoms with Gasteiger partial charge in [-0.3, -0.25) is 0 Å². The highest BCUT2D eigenvalue weighted by Crippen LogP contribution is 2.22. The van der Waals surface area contributed by atoms with Gasteiger partial charge in [-0.05, 0) is 50.3 Å². The number of likely N-dealkylation sites (N-methyl/N-ethyl adjacent to an activating group) is 1. The summed E-state index contributed by atoms with van der Waals surface area (Å²) in [5, 5.41) is 0.729. The number of benzene rings is 2. The minimum atomic E-state index is 0.438. The Labute approximate surface area is 160 Å². The summed E-state index contributed by atoms with van der Waals surface area (Å²) >= 11 is 6.22. The molecular formula is C21H26ClN3O. The van der Waals surface area contributed by atoms with E-state index in [0.717, 1.165) is 53.8 Å². The summed E-state index contributed by atoms with van der Waals surface area (Å²) in [6.45, 7) is 10.8. The summed E-state index contributed by atoms with van der Waals surface area (Å²) in [6.07, 6.45) is 0. The zero-order valence-corrected chi connectivity index (χ0v) is 16.5. The fourth-order valence-corrected chi connectivity index (χ4v) is 3.24. The van der Waals surface area contributed by atoms with Crippen LogP contribution in [0.25, 0.3) is 11.0 Å². The molecule has 0 radical (unpaired) electrons. The van der Waals surface area contributed by atoms with E-state index in [2.05, 4.69) is 42.4 Å². The normalized spacial score (nSPS) is 11.4. The van der Waals surface area contributed by atoms with Crippen molar-refractivity contribution in [2.75, 3.05) is 19.6 Å². The molecule has 2 aromatic carbocycles. The van der Waals surface area contributed by atoms with Crippen LogP contribution < -0.4 is 4.74 Å². The molecule has 0 spiro atoms. The van der Waals surface area contributed by atoms with E-state index >= 15 is 0 Å². The molecule has 1 aromatic heterocycles. The molecule has 4 nitrogen and oxygen atoms in total. The first kappa shape index (κ1) is 18.7. The maximum atomic E-state index is 6.22. The molecule has 3 rings (SSSR count). The van der Waals surface area contributed by atoms with Crippen LogP contribution in [0.2, 0.25) is 5.02 Å². The molecule has 138 valence electrons. The van der Waals surface area contributed by atoms with Gasteiger partial charge in [-0.1, -0.05) is 43.1 Å². The lowest BCUT2D eigenvalue weighted by Gasteiger charge is -2.19. The summed E-state index contributed by atoms with van der Waals surface area (Å²) in [5.41, 5.74) is 3.24. The first-order chi connectivity index (χ1) is 12.6. The van der Waals surface area contributed by atoms with Crippen LogP contribution in [-0.4, -0.2) is 34.1 Å². The minimum Gasteiger partial charge on any atom is -0.486 e. The molecule has 0 aliphatic heterocycles. The number of hydrogen-bond acceptors (Lipinski definition) is 3. The van der Waals surface area contributed by atoms with Crippen LogP contribution in [0.1, 0.15) is 25.2 Å². The number of aromatic nitrogens is 2. The zero-order chi connectivity index (χ0) is 18.5. The van der Waals surface area contributed by atoms with Crippen molar-refractivity contribution in [3.8, 4) is 5.75 Å². The van der Waals surface area contributed by atoms with Gasteiger partial charge in [0.2, 0.25) is 0 Å². The quantitative estimate of drug-likeness (QED) is 0.563. The van der Waals surface area contributed by atoms with E-state index in [1.54, 1.807) is 0 Å². The first-order valence-corrected chi connectivity index (χ1v) is 9.55. The average Bonchev–Trinajstić information content (AvgIpc) is 2.99. The largest absolute Gasteiger partial charge is 0.486 e. The van der Waals surface area contributed by atoms with Crippen molar-refractivity contribution >= 4 is 22.6 Å². The van der Waals surface area contributed by atoms with Gasteiger partial charge in [-0.2, -0.15) is 0 Å². The van der Waals surface area contributed by atoms with Crippen molar-refractivity contribution in [2.24, 2.45) is 0 Å². The Morgan fingerprint density at radius 1 is 1.08 bits per heavy atom. The Balaban J connectivity index is 1.84. The van der Waals surface area contributed by atoms with E-state index in [-0.39, 0.29) is 0 Å². The van der Waals surface area contributed by atoms with E-state index < -0.39 is 0 Å². The predicted molar refractivity (Wildman–Crippen MR) is 108 cm³/mol. The molecule has 0 atom stereocenters. The van der Waals surface area contributed by atoms with Crippen molar-refractivity contribution in [2.45, 2.75) is 33.9 Å². The fourth-order valence-electron chi connectivity index (χ4n) is 3.07. The Kier molecular flexibility index (Phi) is 6.17. The predicted octanol–water partition coefficient (Wildman–Crippen LogP) is 4.92. The van der Waals surface area contributed by atoms with E-state index in [0.29, 0.717) is 6.61 Å². The molecule has 0 fully saturated rings. The van der Waals surface area contributed by atoms with Crippen molar-refractivity contribution in [1.29, 1.82) is 0 Å². The molecule has 0 amide bonds. The summed E-state index contributed by atoms with van der Waals surface area (Å²) in [4.78, 5) is 7.18. The highest BCUT2D eigenvalue weighted by atomic mass is 35.5. The van der Waals surface area contributed by atoms with Gasteiger partial charge in [0.25, 0.3) is 0 Å². The van der Waals surface area contributed by atoms with Crippen molar-refractivity contribution in [1.82, 2.24) is 14.5 Å². The van der Waals surface area contributed by atoms with E-state index in [1.165, 1.54) is 5.56 Å². The Bertz CT molecular complexity index is 854. The number of fused-ring (bicyclic) bond motifs is 1. The first-order valence-electron chi connectivity index (χ1n) is 9.17. The van der Waals surface area contributed by atoms with Gasteiger partial charge in [-0.15, -0.1) is 0 Å². The van der Waals surface area contributed by atoms with Crippen LogP contribution in [0.15, 0.2) is 42.5 Å². The number of nitrogens with zero attached hydrogens (tertiary/aromatic N) is 3. The van der Waals surface area contributed by atoms with Gasteiger partial charge in [0.15, 0.2) is 0 Å². The third kappa shape index (κ3) is 4.37. The average molecular weight is 372 g/mol. The van der Waals surface area contributed by atoms with Gasteiger partial charge >= 0.3 is 0 Å². The smallest absolute Gasteiger partial charge is 0.148 e. The molecule has 5 heteroatoms. The SMILES string of the molecule is CCN(CC)CCn1c(COc2ccc(C)cc2)nc2ccc(Cl)cc21. The molecule has 1 heterocycles. The van der Waals surface area contributed by atoms with Crippen LogP contribution >= 0.6 is 11.6 Å². The van der Waals surface area contributed by atoms with E-state index in [4.69, 9.17) is 21.3 Å². The summed E-state index contributed by atoms with van der Waals surface area (Å²) in [6, 6.07) is 13.9. The number of imidazole rings is 1. The third-order valence-corrected chi connectivity index (χ3v) is 4.95. The van der Waals surface area contributed by atoms with E-state index in [9.17, 15) is 0 Å². The summed E-state index contributed by atoms with van der Waals surface area (Å²) < 4.78 is 8.21. The zero-order valence-electron chi connectivity index (χ0n) is 15.7. The lowest BCUT2D eigenvalue weighted by molar-refractivity contribution is 0.271. The molecule has 0 aliphatic rings. The van der Waals surface area contributed by atoms with Gasteiger partial charge < -0.3 is 14.2 Å². The molecule has 0 N–H and O–H groups in total.